The Hall–Kier alpha value is -3.18. The topological polar surface area (TPSA) is 61.4 Å². The van der Waals surface area contributed by atoms with Gasteiger partial charge in [0.2, 0.25) is 11.8 Å². The largest absolute Gasteiger partial charge is 0.350 e. The van der Waals surface area contributed by atoms with Crippen molar-refractivity contribution in [1.82, 2.24) is 15.5 Å². The first-order valence-electron chi connectivity index (χ1n) is 11.5. The van der Waals surface area contributed by atoms with E-state index in [0.29, 0.717) is 6.54 Å². The Kier molecular flexibility index (Phi) is 7.51. The lowest BCUT2D eigenvalue weighted by atomic mass is 10.0. The summed E-state index contributed by atoms with van der Waals surface area (Å²) in [4.78, 5) is 27.2. The molecule has 1 heterocycles. The highest BCUT2D eigenvalue weighted by molar-refractivity contribution is 5.91. The first-order chi connectivity index (χ1) is 15.7. The number of hydrogen-bond acceptors (Lipinski definition) is 3. The maximum atomic E-state index is 12.4. The van der Waals surface area contributed by atoms with E-state index >= 15 is 0 Å². The van der Waals surface area contributed by atoms with Crippen LogP contribution in [0, 0.1) is 0 Å². The van der Waals surface area contributed by atoms with Gasteiger partial charge in [-0.15, -0.1) is 0 Å². The summed E-state index contributed by atoms with van der Waals surface area (Å²) < 4.78 is 0. The van der Waals surface area contributed by atoms with Crippen molar-refractivity contribution in [3.8, 4) is 0 Å². The minimum absolute atomic E-state index is 0.0160. The molecule has 0 radical (unpaired) electrons. The molecule has 0 atom stereocenters. The van der Waals surface area contributed by atoms with Crippen LogP contribution in [0.2, 0.25) is 0 Å². The van der Waals surface area contributed by atoms with Gasteiger partial charge in [0.25, 0.3) is 0 Å². The lowest BCUT2D eigenvalue weighted by molar-refractivity contribution is -0.125. The number of piperidine rings is 1. The molecule has 3 aromatic carbocycles. The normalized spacial score (nSPS) is 14.2. The van der Waals surface area contributed by atoms with Crippen molar-refractivity contribution in [3.63, 3.8) is 0 Å². The molecule has 2 amide bonds. The van der Waals surface area contributed by atoms with E-state index in [-0.39, 0.29) is 24.8 Å². The van der Waals surface area contributed by atoms with E-state index in [9.17, 15) is 9.59 Å². The van der Waals surface area contributed by atoms with Gasteiger partial charge in [-0.25, -0.2) is 0 Å². The Balaban J connectivity index is 1.26. The van der Waals surface area contributed by atoms with Crippen LogP contribution in [-0.2, 0) is 29.1 Å². The van der Waals surface area contributed by atoms with Gasteiger partial charge in [-0.05, 0) is 53.4 Å². The van der Waals surface area contributed by atoms with Crippen molar-refractivity contribution in [2.45, 2.75) is 38.8 Å². The second-order valence-electron chi connectivity index (χ2n) is 8.47. The second kappa shape index (κ2) is 10.9. The molecule has 4 rings (SSSR count). The summed E-state index contributed by atoms with van der Waals surface area (Å²) in [6.45, 7) is 3.67. The predicted molar refractivity (Wildman–Crippen MR) is 128 cm³/mol. The SMILES string of the molecule is O=C(CNC(=O)Cc1cccc2ccccc12)NCc1ccccc1CN1CCCCC1. The van der Waals surface area contributed by atoms with E-state index in [0.717, 1.165) is 41.5 Å². The van der Waals surface area contributed by atoms with Gasteiger partial charge in [0.05, 0.1) is 13.0 Å². The maximum absolute atomic E-state index is 12.4. The van der Waals surface area contributed by atoms with E-state index in [1.54, 1.807) is 0 Å². The molecule has 1 fully saturated rings. The highest BCUT2D eigenvalue weighted by atomic mass is 16.2. The molecule has 2 N–H and O–H groups in total. The average molecular weight is 430 g/mol. The number of benzene rings is 3. The average Bonchev–Trinajstić information content (AvgIpc) is 2.83. The standard InChI is InChI=1S/C27H31N3O2/c31-26(17-22-13-8-12-21-9-4-5-14-25(21)22)29-19-27(32)28-18-23-10-2-3-11-24(23)20-30-15-6-1-7-16-30/h2-5,8-14H,1,6-7,15-20H2,(H,28,32)(H,29,31). The fourth-order valence-corrected chi connectivity index (χ4v) is 4.36. The smallest absolute Gasteiger partial charge is 0.239 e. The lowest BCUT2D eigenvalue weighted by Gasteiger charge is -2.27. The molecular formula is C27H31N3O2. The summed E-state index contributed by atoms with van der Waals surface area (Å²) in [6, 6.07) is 22.2. The Labute approximate surface area is 189 Å². The lowest BCUT2D eigenvalue weighted by Crippen LogP contribution is -2.37. The number of fused-ring (bicyclic) bond motifs is 1. The summed E-state index contributed by atoms with van der Waals surface area (Å²) >= 11 is 0. The van der Waals surface area contributed by atoms with Gasteiger partial charge in [-0.3, -0.25) is 14.5 Å². The molecule has 0 saturated carbocycles. The summed E-state index contributed by atoms with van der Waals surface area (Å²) in [6.07, 6.45) is 4.10. The van der Waals surface area contributed by atoms with Gasteiger partial charge >= 0.3 is 0 Å². The van der Waals surface area contributed by atoms with Crippen molar-refractivity contribution in [1.29, 1.82) is 0 Å². The van der Waals surface area contributed by atoms with Crippen LogP contribution >= 0.6 is 0 Å². The highest BCUT2D eigenvalue weighted by Gasteiger charge is 2.13. The zero-order valence-electron chi connectivity index (χ0n) is 18.5. The van der Waals surface area contributed by atoms with Gasteiger partial charge in [-0.1, -0.05) is 73.2 Å². The third-order valence-electron chi connectivity index (χ3n) is 6.11. The molecule has 0 spiro atoms. The van der Waals surface area contributed by atoms with E-state index in [1.807, 2.05) is 48.5 Å². The van der Waals surface area contributed by atoms with E-state index in [4.69, 9.17) is 0 Å². The first-order valence-corrected chi connectivity index (χ1v) is 11.5. The fraction of sp³-hybridized carbons (Fsp3) is 0.333. The minimum Gasteiger partial charge on any atom is -0.350 e. The molecule has 1 saturated heterocycles. The van der Waals surface area contributed by atoms with Crippen LogP contribution < -0.4 is 10.6 Å². The number of nitrogens with one attached hydrogen (secondary N) is 2. The molecule has 166 valence electrons. The molecule has 0 unspecified atom stereocenters. The van der Waals surface area contributed by atoms with Gasteiger partial charge in [-0.2, -0.15) is 0 Å². The molecule has 3 aromatic rings. The summed E-state index contributed by atoms with van der Waals surface area (Å²) in [5, 5.41) is 7.89. The summed E-state index contributed by atoms with van der Waals surface area (Å²) in [5.74, 6) is -0.328. The number of likely N-dealkylation sites (tertiary alicyclic amines) is 1. The van der Waals surface area contributed by atoms with Crippen molar-refractivity contribution in [3.05, 3.63) is 83.4 Å². The molecule has 0 aromatic heterocycles. The van der Waals surface area contributed by atoms with Gasteiger partial charge < -0.3 is 10.6 Å². The first kappa shape index (κ1) is 22.0. The predicted octanol–water partition coefficient (Wildman–Crippen LogP) is 3.80. The van der Waals surface area contributed by atoms with Crippen LogP contribution in [0.3, 0.4) is 0 Å². The molecule has 1 aliphatic heterocycles. The number of hydrogen-bond donors (Lipinski definition) is 2. The van der Waals surface area contributed by atoms with Crippen LogP contribution in [0.25, 0.3) is 10.8 Å². The van der Waals surface area contributed by atoms with Crippen LogP contribution in [-0.4, -0.2) is 36.3 Å². The van der Waals surface area contributed by atoms with Crippen molar-refractivity contribution < 1.29 is 9.59 Å². The minimum atomic E-state index is -0.177. The van der Waals surface area contributed by atoms with E-state index in [1.165, 1.54) is 24.8 Å². The molecule has 1 aliphatic rings. The fourth-order valence-electron chi connectivity index (χ4n) is 4.36. The van der Waals surface area contributed by atoms with Gasteiger partial charge in [0.1, 0.15) is 0 Å². The monoisotopic (exact) mass is 429 g/mol. The van der Waals surface area contributed by atoms with E-state index < -0.39 is 0 Å². The summed E-state index contributed by atoms with van der Waals surface area (Å²) in [7, 11) is 0. The van der Waals surface area contributed by atoms with Crippen LogP contribution in [0.1, 0.15) is 36.0 Å². The molecule has 0 bridgehead atoms. The second-order valence-corrected chi connectivity index (χ2v) is 8.47. The molecule has 5 heteroatoms. The van der Waals surface area contributed by atoms with Gasteiger partial charge in [0.15, 0.2) is 0 Å². The Morgan fingerprint density at radius 3 is 2.25 bits per heavy atom. The number of nitrogens with zero attached hydrogens (tertiary/aromatic N) is 1. The third-order valence-corrected chi connectivity index (χ3v) is 6.11. The number of carbonyl (C=O) groups excluding carboxylic acids is 2. The number of amides is 2. The van der Waals surface area contributed by atoms with Gasteiger partial charge in [0, 0.05) is 13.1 Å². The molecule has 0 aliphatic carbocycles. The zero-order valence-corrected chi connectivity index (χ0v) is 18.5. The van der Waals surface area contributed by atoms with Crippen molar-refractivity contribution in [2.24, 2.45) is 0 Å². The zero-order chi connectivity index (χ0) is 22.2. The molecule has 32 heavy (non-hydrogen) atoms. The highest BCUT2D eigenvalue weighted by Crippen LogP contribution is 2.19. The van der Waals surface area contributed by atoms with Crippen molar-refractivity contribution >= 4 is 22.6 Å². The van der Waals surface area contributed by atoms with E-state index in [2.05, 4.69) is 33.7 Å². The van der Waals surface area contributed by atoms with Crippen LogP contribution in [0.15, 0.2) is 66.7 Å². The Bertz CT molecular complexity index is 1070. The Morgan fingerprint density at radius 1 is 0.719 bits per heavy atom. The Morgan fingerprint density at radius 2 is 1.41 bits per heavy atom. The molecule has 5 nitrogen and oxygen atoms in total. The quantitative estimate of drug-likeness (QED) is 0.573. The summed E-state index contributed by atoms with van der Waals surface area (Å²) in [5.41, 5.74) is 3.36. The molecular weight excluding hydrogens is 398 g/mol. The number of carbonyl (C=O) groups is 2. The van der Waals surface area contributed by atoms with Crippen LogP contribution in [0.5, 0.6) is 0 Å². The van der Waals surface area contributed by atoms with Crippen molar-refractivity contribution in [2.75, 3.05) is 19.6 Å². The third kappa shape index (κ3) is 5.95. The number of rotatable bonds is 8. The maximum Gasteiger partial charge on any atom is 0.239 e. The van der Waals surface area contributed by atoms with Crippen LogP contribution in [0.4, 0.5) is 0 Å².